The molecule has 1 unspecified atom stereocenters. The molecule has 166 valence electrons. The summed E-state index contributed by atoms with van der Waals surface area (Å²) in [7, 11) is 0. The normalized spacial score (nSPS) is 18.8. The second-order valence-electron chi connectivity index (χ2n) is 7.80. The van der Waals surface area contributed by atoms with Crippen LogP contribution < -0.4 is 14.4 Å². The van der Waals surface area contributed by atoms with Crippen molar-refractivity contribution in [3.05, 3.63) is 89.3 Å². The number of hydrogen-bond donors (Lipinski definition) is 1. The number of anilines is 1. The molecule has 0 saturated carbocycles. The van der Waals surface area contributed by atoms with Gasteiger partial charge in [0.1, 0.15) is 17.3 Å². The molecule has 0 aliphatic carbocycles. The zero-order valence-electron chi connectivity index (χ0n) is 18.0. The van der Waals surface area contributed by atoms with Crippen molar-refractivity contribution in [2.24, 2.45) is 0 Å². The molecule has 2 aliphatic heterocycles. The van der Waals surface area contributed by atoms with Crippen LogP contribution in [0.3, 0.4) is 0 Å². The van der Waals surface area contributed by atoms with E-state index in [0.29, 0.717) is 35.8 Å². The smallest absolute Gasteiger partial charge is 0.300 e. The largest absolute Gasteiger partial charge is 0.507 e. The fourth-order valence-electron chi connectivity index (χ4n) is 4.34. The number of rotatable bonds is 5. The Morgan fingerprint density at radius 1 is 1.15 bits per heavy atom. The number of pyridine rings is 1. The van der Waals surface area contributed by atoms with Gasteiger partial charge in [0.05, 0.1) is 24.8 Å². The maximum Gasteiger partial charge on any atom is 0.300 e. The number of ketones is 1. The van der Waals surface area contributed by atoms with Crippen molar-refractivity contribution in [3.8, 4) is 11.5 Å². The summed E-state index contributed by atoms with van der Waals surface area (Å²) in [5, 5.41) is 11.3. The first-order valence-corrected chi connectivity index (χ1v) is 10.8. The van der Waals surface area contributed by atoms with Crippen LogP contribution in [0.1, 0.15) is 29.7 Å². The topological polar surface area (TPSA) is 89.0 Å². The number of nitrogens with zero attached hydrogens (tertiary/aromatic N) is 2. The van der Waals surface area contributed by atoms with E-state index >= 15 is 0 Å². The van der Waals surface area contributed by atoms with Gasteiger partial charge in [-0.2, -0.15) is 0 Å². The molecule has 3 heterocycles. The Hall–Kier alpha value is -4.13. The molecule has 1 N–H and O–H groups in total. The molecular formula is C26H22N2O5. The average molecular weight is 442 g/mol. The van der Waals surface area contributed by atoms with Crippen LogP contribution in [-0.4, -0.2) is 35.0 Å². The Balaban J connectivity index is 1.67. The Labute approximate surface area is 190 Å². The summed E-state index contributed by atoms with van der Waals surface area (Å²) in [6.45, 7) is 2.92. The SMILES string of the molecule is CCOc1cccc(N2C(=O)C(=O)/C(=C(\O)c3ccc4c(c3)CCO4)C2c2ccncc2)c1. The van der Waals surface area contributed by atoms with Gasteiger partial charge in [-0.25, -0.2) is 0 Å². The summed E-state index contributed by atoms with van der Waals surface area (Å²) in [4.78, 5) is 32.0. The first kappa shape index (κ1) is 20.8. The van der Waals surface area contributed by atoms with Crippen molar-refractivity contribution >= 4 is 23.1 Å². The molecule has 1 saturated heterocycles. The lowest BCUT2D eigenvalue weighted by Gasteiger charge is -2.25. The lowest BCUT2D eigenvalue weighted by Crippen LogP contribution is -2.29. The first-order valence-electron chi connectivity index (χ1n) is 10.8. The maximum absolute atomic E-state index is 13.3. The molecule has 1 fully saturated rings. The van der Waals surface area contributed by atoms with Crippen LogP contribution in [0, 0.1) is 0 Å². The van der Waals surface area contributed by atoms with Gasteiger partial charge in [-0.15, -0.1) is 0 Å². The molecule has 33 heavy (non-hydrogen) atoms. The van der Waals surface area contributed by atoms with Crippen molar-refractivity contribution < 1.29 is 24.2 Å². The van der Waals surface area contributed by atoms with Crippen molar-refractivity contribution in [1.82, 2.24) is 4.98 Å². The number of benzene rings is 2. The molecular weight excluding hydrogens is 420 g/mol. The van der Waals surface area contributed by atoms with Crippen LogP contribution in [0.4, 0.5) is 5.69 Å². The minimum atomic E-state index is -0.811. The summed E-state index contributed by atoms with van der Waals surface area (Å²) < 4.78 is 11.1. The van der Waals surface area contributed by atoms with Gasteiger partial charge in [-0.05, 0) is 60.5 Å². The minimum absolute atomic E-state index is 0.0341. The van der Waals surface area contributed by atoms with E-state index in [-0.39, 0.29) is 11.3 Å². The van der Waals surface area contributed by atoms with Gasteiger partial charge in [-0.1, -0.05) is 6.07 Å². The first-order chi connectivity index (χ1) is 16.1. The standard InChI is InChI=1S/C26H22N2O5/c1-2-32-20-5-3-4-19(15-20)28-23(16-8-11-27-12-9-16)22(25(30)26(28)31)24(29)18-6-7-21-17(14-18)10-13-33-21/h3-9,11-12,14-15,23,29H,2,10,13H2,1H3/b24-22-. The lowest BCUT2D eigenvalue weighted by molar-refractivity contribution is -0.132. The number of carbonyl (C=O) groups is 2. The van der Waals surface area contributed by atoms with Crippen molar-refractivity contribution in [2.75, 3.05) is 18.1 Å². The predicted octanol–water partition coefficient (Wildman–Crippen LogP) is 4.04. The van der Waals surface area contributed by atoms with Crippen molar-refractivity contribution in [1.29, 1.82) is 0 Å². The highest BCUT2D eigenvalue weighted by molar-refractivity contribution is 6.51. The van der Waals surface area contributed by atoms with E-state index in [2.05, 4.69) is 4.98 Å². The summed E-state index contributed by atoms with van der Waals surface area (Å²) in [6.07, 6.45) is 3.92. The van der Waals surface area contributed by atoms with Crippen LogP contribution in [0.2, 0.25) is 0 Å². The van der Waals surface area contributed by atoms with Gasteiger partial charge in [0.25, 0.3) is 11.7 Å². The van der Waals surface area contributed by atoms with Gasteiger partial charge in [0.15, 0.2) is 0 Å². The highest BCUT2D eigenvalue weighted by Gasteiger charge is 2.47. The molecule has 0 bridgehead atoms. The molecule has 2 aromatic carbocycles. The fraction of sp³-hybridized carbons (Fsp3) is 0.192. The molecule has 0 radical (unpaired) electrons. The van der Waals surface area contributed by atoms with E-state index in [1.54, 1.807) is 60.9 Å². The second kappa shape index (κ2) is 8.43. The minimum Gasteiger partial charge on any atom is -0.507 e. The molecule has 1 aromatic heterocycles. The van der Waals surface area contributed by atoms with Gasteiger partial charge >= 0.3 is 0 Å². The van der Waals surface area contributed by atoms with Gasteiger partial charge in [0.2, 0.25) is 0 Å². The summed E-state index contributed by atoms with van der Waals surface area (Å²) in [5.74, 6) is -0.313. The van der Waals surface area contributed by atoms with Gasteiger partial charge in [-0.3, -0.25) is 19.5 Å². The molecule has 5 rings (SSSR count). The fourth-order valence-corrected chi connectivity index (χ4v) is 4.34. The molecule has 2 aliphatic rings. The molecule has 3 aromatic rings. The van der Waals surface area contributed by atoms with E-state index in [1.807, 2.05) is 13.0 Å². The third-order valence-electron chi connectivity index (χ3n) is 5.84. The van der Waals surface area contributed by atoms with Gasteiger partial charge < -0.3 is 14.6 Å². The predicted molar refractivity (Wildman–Crippen MR) is 122 cm³/mol. The Bertz CT molecular complexity index is 1270. The van der Waals surface area contributed by atoms with E-state index in [1.165, 1.54) is 4.90 Å². The third-order valence-corrected chi connectivity index (χ3v) is 5.84. The quantitative estimate of drug-likeness (QED) is 0.364. The van der Waals surface area contributed by atoms with Crippen LogP contribution in [0.5, 0.6) is 11.5 Å². The zero-order chi connectivity index (χ0) is 22.9. The summed E-state index contributed by atoms with van der Waals surface area (Å²) in [5.41, 5.74) is 2.63. The van der Waals surface area contributed by atoms with Crippen LogP contribution in [-0.2, 0) is 16.0 Å². The zero-order valence-corrected chi connectivity index (χ0v) is 18.0. The number of aliphatic hydroxyl groups excluding tert-OH is 1. The van der Waals surface area contributed by atoms with E-state index in [0.717, 1.165) is 17.7 Å². The molecule has 0 spiro atoms. The lowest BCUT2D eigenvalue weighted by atomic mass is 9.95. The van der Waals surface area contributed by atoms with Crippen LogP contribution in [0.25, 0.3) is 5.76 Å². The van der Waals surface area contributed by atoms with E-state index in [9.17, 15) is 14.7 Å². The summed E-state index contributed by atoms with van der Waals surface area (Å²) >= 11 is 0. The highest BCUT2D eigenvalue weighted by atomic mass is 16.5. The highest BCUT2D eigenvalue weighted by Crippen LogP contribution is 2.43. The number of ether oxygens (including phenoxy) is 2. The number of carbonyl (C=O) groups excluding carboxylic acids is 2. The van der Waals surface area contributed by atoms with Gasteiger partial charge in [0, 0.05) is 36.1 Å². The average Bonchev–Trinajstić information content (AvgIpc) is 3.41. The number of amides is 1. The molecule has 1 atom stereocenters. The van der Waals surface area contributed by atoms with Crippen molar-refractivity contribution in [3.63, 3.8) is 0 Å². The van der Waals surface area contributed by atoms with Crippen LogP contribution >= 0.6 is 0 Å². The monoisotopic (exact) mass is 442 g/mol. The van der Waals surface area contributed by atoms with E-state index < -0.39 is 17.7 Å². The number of aromatic nitrogens is 1. The number of aliphatic hydroxyl groups is 1. The Morgan fingerprint density at radius 3 is 2.76 bits per heavy atom. The maximum atomic E-state index is 13.3. The molecule has 1 amide bonds. The number of Topliss-reactive ketones (excluding diaryl/α,β-unsaturated/α-hetero) is 1. The Kier molecular flexibility index (Phi) is 5.30. The molecule has 7 heteroatoms. The Morgan fingerprint density at radius 2 is 1.97 bits per heavy atom. The van der Waals surface area contributed by atoms with E-state index in [4.69, 9.17) is 9.47 Å². The summed E-state index contributed by atoms with van der Waals surface area (Å²) in [6, 6.07) is 15.0. The number of hydrogen-bond acceptors (Lipinski definition) is 6. The van der Waals surface area contributed by atoms with Crippen LogP contribution in [0.15, 0.2) is 72.6 Å². The number of fused-ring (bicyclic) bond motifs is 1. The third kappa shape index (κ3) is 3.61. The second-order valence-corrected chi connectivity index (χ2v) is 7.80. The van der Waals surface area contributed by atoms with Crippen molar-refractivity contribution in [2.45, 2.75) is 19.4 Å². The molecule has 7 nitrogen and oxygen atoms in total.